The summed E-state index contributed by atoms with van der Waals surface area (Å²) in [7, 11) is 5.41. The molecule has 25 heavy (non-hydrogen) atoms. The van der Waals surface area contributed by atoms with Gasteiger partial charge in [0, 0.05) is 32.4 Å². The molecule has 0 fully saturated rings. The van der Waals surface area contributed by atoms with Gasteiger partial charge in [-0.05, 0) is 37.5 Å². The molecule has 1 heterocycles. The molecule has 0 bridgehead atoms. The van der Waals surface area contributed by atoms with Crippen LogP contribution in [-0.2, 0) is 23.8 Å². The van der Waals surface area contributed by atoms with Gasteiger partial charge in [-0.3, -0.25) is 9.48 Å². The Hall–Kier alpha value is -2.30. The van der Waals surface area contributed by atoms with Gasteiger partial charge in [-0.2, -0.15) is 5.10 Å². The number of methoxy groups -OCH3 is 1. The number of aromatic nitrogens is 2. The number of amides is 1. The molecule has 0 N–H and O–H groups in total. The van der Waals surface area contributed by atoms with E-state index in [0.717, 1.165) is 22.6 Å². The van der Waals surface area contributed by atoms with Crippen LogP contribution in [0.2, 0.25) is 0 Å². The van der Waals surface area contributed by atoms with Gasteiger partial charge in [-0.15, -0.1) is 0 Å². The predicted octanol–water partition coefficient (Wildman–Crippen LogP) is 3.49. The highest BCUT2D eigenvalue weighted by Gasteiger charge is 2.33. The molecule has 0 unspecified atom stereocenters. The lowest BCUT2D eigenvalue weighted by Crippen LogP contribution is -2.41. The second-order valence-corrected chi connectivity index (χ2v) is 7.38. The molecule has 0 saturated carbocycles. The highest BCUT2D eigenvalue weighted by atomic mass is 16.5. The number of aryl methyl sites for hydroxylation is 1. The minimum Gasteiger partial charge on any atom is -0.497 e. The summed E-state index contributed by atoms with van der Waals surface area (Å²) in [5.74, 6) is 1.20. The van der Waals surface area contributed by atoms with Crippen molar-refractivity contribution in [2.24, 2.45) is 7.05 Å². The van der Waals surface area contributed by atoms with Crippen molar-refractivity contribution in [2.45, 2.75) is 45.6 Å². The fourth-order valence-corrected chi connectivity index (χ4v) is 3.10. The van der Waals surface area contributed by atoms with Crippen LogP contribution in [0.4, 0.5) is 0 Å². The summed E-state index contributed by atoms with van der Waals surface area (Å²) in [5.41, 5.74) is 2.50. The summed E-state index contributed by atoms with van der Waals surface area (Å²) in [6, 6.07) is 7.69. The normalized spacial score (nSPS) is 11.7. The third kappa shape index (κ3) is 4.03. The van der Waals surface area contributed by atoms with Gasteiger partial charge in [-0.25, -0.2) is 0 Å². The largest absolute Gasteiger partial charge is 0.497 e. The zero-order valence-electron chi connectivity index (χ0n) is 16.3. The Morgan fingerprint density at radius 3 is 2.40 bits per heavy atom. The van der Waals surface area contributed by atoms with Crippen molar-refractivity contribution in [3.63, 3.8) is 0 Å². The van der Waals surface area contributed by atoms with Crippen LogP contribution in [0.5, 0.6) is 5.75 Å². The maximum absolute atomic E-state index is 13.1. The Balaban J connectivity index is 2.20. The average Bonchev–Trinajstić information content (AvgIpc) is 2.94. The number of hydrogen-bond acceptors (Lipinski definition) is 3. The molecule has 0 atom stereocenters. The minimum absolute atomic E-state index is 0.0798. The second kappa shape index (κ2) is 7.30. The second-order valence-electron chi connectivity index (χ2n) is 7.38. The van der Waals surface area contributed by atoms with Crippen LogP contribution < -0.4 is 4.74 Å². The Morgan fingerprint density at radius 1 is 1.28 bits per heavy atom. The highest BCUT2D eigenvalue weighted by molar-refractivity contribution is 5.87. The van der Waals surface area contributed by atoms with Crippen molar-refractivity contribution in [3.05, 3.63) is 47.3 Å². The minimum atomic E-state index is -0.610. The van der Waals surface area contributed by atoms with Crippen LogP contribution in [0.15, 0.2) is 30.5 Å². The average molecular weight is 343 g/mol. The number of nitrogens with zero attached hydrogens (tertiary/aromatic N) is 3. The summed E-state index contributed by atoms with van der Waals surface area (Å²) in [5, 5.41) is 4.53. The van der Waals surface area contributed by atoms with Gasteiger partial charge in [-0.1, -0.05) is 26.0 Å². The van der Waals surface area contributed by atoms with Crippen LogP contribution in [0, 0.1) is 0 Å². The van der Waals surface area contributed by atoms with Crippen molar-refractivity contribution in [1.29, 1.82) is 0 Å². The molecule has 1 aromatic carbocycles. The molecule has 0 spiro atoms. The lowest BCUT2D eigenvalue weighted by atomic mass is 9.83. The number of hydrogen-bond donors (Lipinski definition) is 0. The van der Waals surface area contributed by atoms with E-state index in [-0.39, 0.29) is 5.91 Å². The van der Waals surface area contributed by atoms with Crippen molar-refractivity contribution in [1.82, 2.24) is 14.7 Å². The van der Waals surface area contributed by atoms with E-state index >= 15 is 0 Å². The van der Waals surface area contributed by atoms with Crippen LogP contribution in [0.1, 0.15) is 50.4 Å². The highest BCUT2D eigenvalue weighted by Crippen LogP contribution is 2.28. The van der Waals surface area contributed by atoms with Gasteiger partial charge in [0.15, 0.2) is 0 Å². The molecule has 0 radical (unpaired) electrons. The Morgan fingerprint density at radius 2 is 1.88 bits per heavy atom. The molecular formula is C20H29N3O2. The maximum atomic E-state index is 13.1. The molecule has 5 heteroatoms. The van der Waals surface area contributed by atoms with E-state index in [2.05, 4.69) is 18.9 Å². The summed E-state index contributed by atoms with van der Waals surface area (Å²) >= 11 is 0. The zero-order chi connectivity index (χ0) is 18.8. The van der Waals surface area contributed by atoms with Crippen LogP contribution in [-0.4, -0.2) is 34.7 Å². The number of ether oxygens (including phenoxy) is 1. The van der Waals surface area contributed by atoms with E-state index in [4.69, 9.17) is 4.74 Å². The van der Waals surface area contributed by atoms with Gasteiger partial charge in [0.05, 0.1) is 18.2 Å². The standard InChI is InChI=1S/C20H29N3O2/c1-14(2)18-15(13-23(6)21-18)12-22(5)19(24)20(3,4)16-8-10-17(25-7)11-9-16/h8-11,13-14H,12H2,1-7H3. The molecule has 2 rings (SSSR count). The van der Waals surface area contributed by atoms with Crippen LogP contribution in [0.25, 0.3) is 0 Å². The first kappa shape index (κ1) is 19.0. The first-order valence-electron chi connectivity index (χ1n) is 8.59. The van der Waals surface area contributed by atoms with Gasteiger partial charge in [0.25, 0.3) is 0 Å². The molecule has 1 aromatic heterocycles. The van der Waals surface area contributed by atoms with Crippen LogP contribution >= 0.6 is 0 Å². The Bertz CT molecular complexity index is 730. The maximum Gasteiger partial charge on any atom is 0.232 e. The fraction of sp³-hybridized carbons (Fsp3) is 0.500. The van der Waals surface area contributed by atoms with E-state index in [0.29, 0.717) is 12.5 Å². The smallest absolute Gasteiger partial charge is 0.232 e. The van der Waals surface area contributed by atoms with E-state index in [9.17, 15) is 4.79 Å². The van der Waals surface area contributed by atoms with E-state index in [1.54, 1.807) is 12.0 Å². The number of likely N-dealkylation sites (N-methyl/N-ethyl adjacent to an activating group) is 1. The summed E-state index contributed by atoms with van der Waals surface area (Å²) in [6.07, 6.45) is 2.00. The number of carbonyl (C=O) groups is 1. The molecule has 1 amide bonds. The Kier molecular flexibility index (Phi) is 5.55. The van der Waals surface area contributed by atoms with E-state index < -0.39 is 5.41 Å². The SMILES string of the molecule is COc1ccc(C(C)(C)C(=O)N(C)Cc2cn(C)nc2C(C)C)cc1. The van der Waals surface area contributed by atoms with Gasteiger partial charge in [0.1, 0.15) is 5.75 Å². The van der Waals surface area contributed by atoms with E-state index in [1.807, 2.05) is 63.1 Å². The summed E-state index contributed by atoms with van der Waals surface area (Å²) in [6.45, 7) is 8.71. The fourth-order valence-electron chi connectivity index (χ4n) is 3.10. The first-order chi connectivity index (χ1) is 11.7. The molecule has 136 valence electrons. The monoisotopic (exact) mass is 343 g/mol. The molecule has 0 aliphatic carbocycles. The number of rotatable bonds is 6. The number of carbonyl (C=O) groups excluding carboxylic acids is 1. The molecule has 0 saturated heterocycles. The quantitative estimate of drug-likeness (QED) is 0.807. The number of benzene rings is 1. The van der Waals surface area contributed by atoms with Crippen LogP contribution in [0.3, 0.4) is 0 Å². The summed E-state index contributed by atoms with van der Waals surface area (Å²) in [4.78, 5) is 14.9. The van der Waals surface area contributed by atoms with Crippen molar-refractivity contribution >= 4 is 5.91 Å². The molecule has 5 nitrogen and oxygen atoms in total. The topological polar surface area (TPSA) is 47.4 Å². The zero-order valence-corrected chi connectivity index (χ0v) is 16.3. The molecule has 0 aliphatic heterocycles. The lowest BCUT2D eigenvalue weighted by Gasteiger charge is -2.30. The van der Waals surface area contributed by atoms with Crippen molar-refractivity contribution < 1.29 is 9.53 Å². The predicted molar refractivity (Wildman–Crippen MR) is 99.8 cm³/mol. The molecule has 0 aliphatic rings. The summed E-state index contributed by atoms with van der Waals surface area (Å²) < 4.78 is 7.02. The molecular weight excluding hydrogens is 314 g/mol. The van der Waals surface area contributed by atoms with Gasteiger partial charge < -0.3 is 9.64 Å². The third-order valence-corrected chi connectivity index (χ3v) is 4.58. The van der Waals surface area contributed by atoms with E-state index in [1.165, 1.54) is 0 Å². The van der Waals surface area contributed by atoms with Crippen molar-refractivity contribution in [2.75, 3.05) is 14.2 Å². The first-order valence-corrected chi connectivity index (χ1v) is 8.59. The Labute approximate surface area is 150 Å². The van der Waals surface area contributed by atoms with Crippen molar-refractivity contribution in [3.8, 4) is 5.75 Å². The van der Waals surface area contributed by atoms with Gasteiger partial charge in [0.2, 0.25) is 5.91 Å². The van der Waals surface area contributed by atoms with Gasteiger partial charge >= 0.3 is 0 Å². The molecule has 2 aromatic rings. The lowest BCUT2D eigenvalue weighted by molar-refractivity contribution is -0.135. The third-order valence-electron chi connectivity index (χ3n) is 4.58.